The van der Waals surface area contributed by atoms with Gasteiger partial charge in [-0.2, -0.15) is 0 Å². The molecule has 2 aromatic heterocycles. The molecule has 6 heteroatoms. The van der Waals surface area contributed by atoms with E-state index in [9.17, 15) is 0 Å². The van der Waals surface area contributed by atoms with Crippen molar-refractivity contribution in [3.63, 3.8) is 0 Å². The molecule has 0 aromatic carbocycles. The molecule has 0 bridgehead atoms. The van der Waals surface area contributed by atoms with Crippen molar-refractivity contribution in [3.05, 3.63) is 29.7 Å². The number of aromatic nitrogens is 4. The summed E-state index contributed by atoms with van der Waals surface area (Å²) in [6.07, 6.45) is 1.66. The topological polar surface area (TPSA) is 63.8 Å². The summed E-state index contributed by atoms with van der Waals surface area (Å²) >= 11 is 1.45. The van der Waals surface area contributed by atoms with Crippen molar-refractivity contribution in [2.24, 2.45) is 7.05 Å². The number of aryl methyl sites for hydroxylation is 1. The average molecular weight is 236 g/mol. The summed E-state index contributed by atoms with van der Waals surface area (Å²) < 4.78 is 1.91. The van der Waals surface area contributed by atoms with Gasteiger partial charge in [-0.3, -0.25) is 0 Å². The van der Waals surface area contributed by atoms with E-state index >= 15 is 0 Å². The summed E-state index contributed by atoms with van der Waals surface area (Å²) in [6.45, 7) is 1.92. The van der Waals surface area contributed by atoms with Crippen LogP contribution in [0.5, 0.6) is 0 Å². The monoisotopic (exact) mass is 236 g/mol. The van der Waals surface area contributed by atoms with Gasteiger partial charge in [0.25, 0.3) is 0 Å². The highest BCUT2D eigenvalue weighted by molar-refractivity contribution is 7.99. The van der Waals surface area contributed by atoms with Gasteiger partial charge in [0.2, 0.25) is 0 Å². The Morgan fingerprint density at radius 1 is 1.38 bits per heavy atom. The molecule has 0 atom stereocenters. The highest BCUT2D eigenvalue weighted by Crippen LogP contribution is 2.23. The van der Waals surface area contributed by atoms with Gasteiger partial charge in [0, 0.05) is 13.2 Å². The molecule has 0 unspecified atom stereocenters. The van der Waals surface area contributed by atoms with E-state index in [1.165, 1.54) is 11.8 Å². The van der Waals surface area contributed by atoms with E-state index in [0.29, 0.717) is 0 Å². The van der Waals surface area contributed by atoms with E-state index in [0.717, 1.165) is 21.6 Å². The quantitative estimate of drug-likeness (QED) is 0.866. The van der Waals surface area contributed by atoms with Crippen LogP contribution in [-0.2, 0) is 13.7 Å². The predicted octanol–water partition coefficient (Wildman–Crippen LogP) is 1.16. The zero-order valence-corrected chi connectivity index (χ0v) is 9.90. The van der Waals surface area contributed by atoms with Crippen molar-refractivity contribution in [1.82, 2.24) is 19.7 Å². The van der Waals surface area contributed by atoms with Crippen LogP contribution in [0.25, 0.3) is 0 Å². The second-order valence-corrected chi connectivity index (χ2v) is 4.34. The lowest BCUT2D eigenvalue weighted by Crippen LogP contribution is -1.94. The van der Waals surface area contributed by atoms with Gasteiger partial charge in [0.15, 0.2) is 5.16 Å². The Balaban J connectivity index is 2.17. The zero-order chi connectivity index (χ0) is 11.5. The molecule has 0 saturated carbocycles. The fourth-order valence-electron chi connectivity index (χ4n) is 1.13. The largest absolute Gasteiger partial charge is 0.392 e. The highest BCUT2D eigenvalue weighted by Gasteiger charge is 2.07. The molecule has 0 amide bonds. The van der Waals surface area contributed by atoms with Gasteiger partial charge < -0.3 is 9.67 Å². The summed E-state index contributed by atoms with van der Waals surface area (Å²) in [7, 11) is 1.92. The molecule has 2 rings (SSSR count). The van der Waals surface area contributed by atoms with Crippen LogP contribution < -0.4 is 0 Å². The summed E-state index contributed by atoms with van der Waals surface area (Å²) in [5.41, 5.74) is 0.804. The Morgan fingerprint density at radius 2 is 2.19 bits per heavy atom. The molecule has 5 nitrogen and oxygen atoms in total. The highest BCUT2D eigenvalue weighted by atomic mass is 32.2. The lowest BCUT2D eigenvalue weighted by molar-refractivity contribution is 0.281. The lowest BCUT2D eigenvalue weighted by atomic mass is 10.3. The first-order chi connectivity index (χ1) is 7.70. The van der Waals surface area contributed by atoms with Crippen LogP contribution in [0.3, 0.4) is 0 Å². The second-order valence-electron chi connectivity index (χ2n) is 3.35. The fourth-order valence-corrected chi connectivity index (χ4v) is 1.91. The number of aliphatic hydroxyl groups is 1. The number of hydrogen-bond donors (Lipinski definition) is 1. The molecule has 0 aliphatic heterocycles. The van der Waals surface area contributed by atoms with E-state index in [1.54, 1.807) is 6.20 Å². The normalized spacial score (nSPS) is 10.7. The van der Waals surface area contributed by atoms with Gasteiger partial charge in [0.05, 0.1) is 6.61 Å². The molecule has 0 aliphatic carbocycles. The lowest BCUT2D eigenvalue weighted by Gasteiger charge is -2.01. The Morgan fingerprint density at radius 3 is 2.69 bits per heavy atom. The van der Waals surface area contributed by atoms with Gasteiger partial charge >= 0.3 is 0 Å². The van der Waals surface area contributed by atoms with Gasteiger partial charge in [-0.1, -0.05) is 6.07 Å². The van der Waals surface area contributed by atoms with Gasteiger partial charge in [-0.25, -0.2) is 4.98 Å². The van der Waals surface area contributed by atoms with E-state index < -0.39 is 0 Å². The molecule has 0 fully saturated rings. The maximum Gasteiger partial charge on any atom is 0.197 e. The molecule has 0 spiro atoms. The predicted molar refractivity (Wildman–Crippen MR) is 60.0 cm³/mol. The smallest absolute Gasteiger partial charge is 0.197 e. The Hall–Kier alpha value is -1.40. The first-order valence-corrected chi connectivity index (χ1v) is 5.62. The first kappa shape index (κ1) is 11.1. The van der Waals surface area contributed by atoms with Crippen LogP contribution in [0.15, 0.2) is 28.5 Å². The average Bonchev–Trinajstić information content (AvgIpc) is 2.62. The van der Waals surface area contributed by atoms with Crippen LogP contribution in [0.2, 0.25) is 0 Å². The third-order valence-electron chi connectivity index (χ3n) is 2.23. The molecule has 0 radical (unpaired) electrons. The number of pyridine rings is 1. The van der Waals surface area contributed by atoms with Crippen molar-refractivity contribution >= 4 is 11.8 Å². The van der Waals surface area contributed by atoms with Crippen LogP contribution in [0, 0.1) is 6.92 Å². The van der Waals surface area contributed by atoms with Crippen LogP contribution in [0.4, 0.5) is 0 Å². The molecular formula is C10H12N4OS. The van der Waals surface area contributed by atoms with E-state index in [4.69, 9.17) is 5.11 Å². The number of nitrogens with zero attached hydrogens (tertiary/aromatic N) is 4. The van der Waals surface area contributed by atoms with Crippen LogP contribution in [-0.4, -0.2) is 24.9 Å². The maximum absolute atomic E-state index is 8.89. The van der Waals surface area contributed by atoms with Crippen LogP contribution in [0.1, 0.15) is 11.4 Å². The minimum atomic E-state index is 0.0149. The van der Waals surface area contributed by atoms with Crippen LogP contribution >= 0.6 is 11.8 Å². The molecule has 0 saturated heterocycles. The maximum atomic E-state index is 8.89. The van der Waals surface area contributed by atoms with Crippen molar-refractivity contribution in [3.8, 4) is 0 Å². The minimum Gasteiger partial charge on any atom is -0.392 e. The van der Waals surface area contributed by atoms with Crippen molar-refractivity contribution in [2.45, 2.75) is 23.7 Å². The number of rotatable bonds is 3. The Kier molecular flexibility index (Phi) is 3.21. The molecule has 84 valence electrons. The molecule has 2 aromatic rings. The Labute approximate surface area is 97.5 Å². The first-order valence-electron chi connectivity index (χ1n) is 4.80. The third kappa shape index (κ3) is 2.23. The fraction of sp³-hybridized carbons (Fsp3) is 0.300. The van der Waals surface area contributed by atoms with Crippen molar-refractivity contribution in [1.29, 1.82) is 0 Å². The van der Waals surface area contributed by atoms with Gasteiger partial charge in [-0.15, -0.1) is 10.2 Å². The summed E-state index contributed by atoms with van der Waals surface area (Å²) in [5, 5.41) is 18.6. The van der Waals surface area contributed by atoms with E-state index in [1.807, 2.05) is 30.7 Å². The molecular weight excluding hydrogens is 224 g/mol. The molecule has 0 aliphatic rings. The molecule has 1 N–H and O–H groups in total. The van der Waals surface area contributed by atoms with Crippen molar-refractivity contribution in [2.75, 3.05) is 0 Å². The van der Waals surface area contributed by atoms with E-state index in [-0.39, 0.29) is 6.61 Å². The number of aliphatic hydroxyl groups excluding tert-OH is 1. The SMILES string of the molecule is Cc1nnc(Sc2ccc(CO)cn2)n1C. The summed E-state index contributed by atoms with van der Waals surface area (Å²) in [6, 6.07) is 3.71. The zero-order valence-electron chi connectivity index (χ0n) is 9.08. The van der Waals surface area contributed by atoms with Gasteiger partial charge in [-0.05, 0) is 30.3 Å². The van der Waals surface area contributed by atoms with Crippen molar-refractivity contribution < 1.29 is 5.11 Å². The second kappa shape index (κ2) is 4.63. The summed E-state index contributed by atoms with van der Waals surface area (Å²) in [4.78, 5) is 4.22. The molecule has 16 heavy (non-hydrogen) atoms. The summed E-state index contributed by atoms with van der Waals surface area (Å²) in [5.74, 6) is 0.870. The van der Waals surface area contributed by atoms with Gasteiger partial charge in [0.1, 0.15) is 10.9 Å². The minimum absolute atomic E-state index is 0.0149. The van der Waals surface area contributed by atoms with E-state index in [2.05, 4.69) is 15.2 Å². The standard InChI is InChI=1S/C10H12N4OS/c1-7-12-13-10(14(7)2)16-9-4-3-8(6-15)5-11-9/h3-5,15H,6H2,1-2H3. The number of hydrogen-bond acceptors (Lipinski definition) is 5. The third-order valence-corrected chi connectivity index (χ3v) is 3.22. The molecule has 2 heterocycles. The Bertz CT molecular complexity index is 480.